The van der Waals surface area contributed by atoms with Gasteiger partial charge in [-0.25, -0.2) is 9.59 Å². The van der Waals surface area contributed by atoms with Crippen LogP contribution in [0.4, 0.5) is 18.0 Å². The highest BCUT2D eigenvalue weighted by Crippen LogP contribution is 2.21. The number of carboxylic acid groups (broad SMARTS) is 1. The van der Waals surface area contributed by atoms with Crippen LogP contribution in [0.2, 0.25) is 0 Å². The summed E-state index contributed by atoms with van der Waals surface area (Å²) in [6.07, 6.45) is -4.18. The number of carbonyl (C=O) groups is 2. The van der Waals surface area contributed by atoms with Crippen LogP contribution >= 0.6 is 0 Å². The molecule has 0 aromatic carbocycles. The largest absolute Gasteiger partial charge is 0.480 e. The number of carboxylic acids is 1. The third-order valence-corrected chi connectivity index (χ3v) is 2.53. The van der Waals surface area contributed by atoms with Crippen molar-refractivity contribution in [3.63, 3.8) is 0 Å². The molecular weight excluding hydrogens is 277 g/mol. The van der Waals surface area contributed by atoms with Gasteiger partial charge in [-0.1, -0.05) is 27.7 Å². The molecule has 0 fully saturated rings. The van der Waals surface area contributed by atoms with Gasteiger partial charge in [0.1, 0.15) is 12.6 Å². The topological polar surface area (TPSA) is 69.6 Å². The van der Waals surface area contributed by atoms with Crippen molar-refractivity contribution in [2.24, 2.45) is 5.41 Å². The van der Waals surface area contributed by atoms with Gasteiger partial charge in [-0.2, -0.15) is 13.2 Å². The van der Waals surface area contributed by atoms with E-state index in [1.807, 2.05) is 0 Å². The number of hydrogen-bond donors (Lipinski definition) is 2. The molecule has 0 radical (unpaired) electrons. The Morgan fingerprint density at radius 2 is 1.75 bits per heavy atom. The van der Waals surface area contributed by atoms with E-state index < -0.39 is 36.2 Å². The number of carbonyl (C=O) groups excluding carboxylic acids is 1. The van der Waals surface area contributed by atoms with E-state index in [2.05, 4.69) is 5.32 Å². The van der Waals surface area contributed by atoms with Crippen LogP contribution in [0.15, 0.2) is 0 Å². The number of aliphatic carboxylic acids is 1. The SMILES string of the molecule is CCCN(CC(F)(F)F)C(=O)N[C@H](C(=O)O)C(C)(C)C. The predicted molar refractivity (Wildman–Crippen MR) is 67.3 cm³/mol. The second kappa shape index (κ2) is 6.81. The molecule has 0 unspecified atom stereocenters. The Bertz CT molecular complexity index is 351. The van der Waals surface area contributed by atoms with Gasteiger partial charge in [-0.05, 0) is 11.8 Å². The molecule has 8 heteroatoms. The molecule has 5 nitrogen and oxygen atoms in total. The van der Waals surface area contributed by atoms with Gasteiger partial charge in [0.15, 0.2) is 0 Å². The minimum atomic E-state index is -4.52. The maximum absolute atomic E-state index is 12.4. The molecule has 2 N–H and O–H groups in total. The number of halogens is 3. The van der Waals surface area contributed by atoms with Crippen molar-refractivity contribution in [2.75, 3.05) is 13.1 Å². The number of nitrogens with zero attached hydrogens (tertiary/aromatic N) is 1. The highest BCUT2D eigenvalue weighted by Gasteiger charge is 2.37. The quantitative estimate of drug-likeness (QED) is 0.819. The first-order valence-corrected chi connectivity index (χ1v) is 6.23. The van der Waals surface area contributed by atoms with E-state index in [4.69, 9.17) is 5.11 Å². The summed E-state index contributed by atoms with van der Waals surface area (Å²) in [4.78, 5) is 23.5. The lowest BCUT2D eigenvalue weighted by Gasteiger charge is -2.31. The van der Waals surface area contributed by atoms with E-state index in [1.54, 1.807) is 27.7 Å². The molecule has 0 saturated carbocycles. The normalized spacial score (nSPS) is 13.8. The molecule has 0 saturated heterocycles. The molecule has 0 bridgehead atoms. The van der Waals surface area contributed by atoms with Crippen molar-refractivity contribution in [1.82, 2.24) is 10.2 Å². The van der Waals surface area contributed by atoms with E-state index in [-0.39, 0.29) is 6.54 Å². The van der Waals surface area contributed by atoms with Crippen molar-refractivity contribution < 1.29 is 27.9 Å². The molecule has 0 aliphatic rings. The van der Waals surface area contributed by atoms with Gasteiger partial charge in [0.25, 0.3) is 0 Å². The molecule has 2 amide bonds. The van der Waals surface area contributed by atoms with Crippen molar-refractivity contribution in [1.29, 1.82) is 0 Å². The van der Waals surface area contributed by atoms with Crippen LogP contribution in [0, 0.1) is 5.41 Å². The van der Waals surface area contributed by atoms with Gasteiger partial charge in [0, 0.05) is 6.54 Å². The molecule has 0 rings (SSSR count). The molecule has 0 heterocycles. The zero-order valence-corrected chi connectivity index (χ0v) is 12.0. The maximum atomic E-state index is 12.4. The minimum Gasteiger partial charge on any atom is -0.480 e. The summed E-state index contributed by atoms with van der Waals surface area (Å²) in [6, 6.07) is -2.28. The second-order valence-electron chi connectivity index (χ2n) is 5.62. The van der Waals surface area contributed by atoms with Crippen LogP contribution in [0.25, 0.3) is 0 Å². The highest BCUT2D eigenvalue weighted by atomic mass is 19.4. The van der Waals surface area contributed by atoms with Crippen LogP contribution in [0.3, 0.4) is 0 Å². The first-order valence-electron chi connectivity index (χ1n) is 6.23. The number of urea groups is 1. The molecular formula is C12H21F3N2O3. The van der Waals surface area contributed by atoms with Gasteiger partial charge in [-0.3, -0.25) is 0 Å². The van der Waals surface area contributed by atoms with E-state index >= 15 is 0 Å². The van der Waals surface area contributed by atoms with Crippen LogP contribution in [0.5, 0.6) is 0 Å². The number of alkyl halides is 3. The zero-order valence-electron chi connectivity index (χ0n) is 12.0. The Labute approximate surface area is 116 Å². The molecule has 118 valence electrons. The minimum absolute atomic E-state index is 0.0954. The summed E-state index contributed by atoms with van der Waals surface area (Å²) in [6.45, 7) is 4.89. The van der Waals surface area contributed by atoms with Gasteiger partial charge in [-0.15, -0.1) is 0 Å². The van der Waals surface area contributed by atoms with Crippen molar-refractivity contribution in [2.45, 2.75) is 46.3 Å². The second-order valence-corrected chi connectivity index (χ2v) is 5.62. The Morgan fingerprint density at radius 3 is 2.05 bits per heavy atom. The van der Waals surface area contributed by atoms with E-state index in [9.17, 15) is 22.8 Å². The lowest BCUT2D eigenvalue weighted by Crippen LogP contribution is -2.54. The van der Waals surface area contributed by atoms with Crippen LogP contribution < -0.4 is 5.32 Å². The summed E-state index contributed by atoms with van der Waals surface area (Å²) in [5.74, 6) is -1.28. The summed E-state index contributed by atoms with van der Waals surface area (Å²) >= 11 is 0. The van der Waals surface area contributed by atoms with Gasteiger partial charge in [0.2, 0.25) is 0 Å². The highest BCUT2D eigenvalue weighted by molar-refractivity contribution is 5.83. The molecule has 0 aliphatic carbocycles. The number of nitrogens with one attached hydrogen (secondary N) is 1. The fourth-order valence-electron chi connectivity index (χ4n) is 1.60. The van der Waals surface area contributed by atoms with Crippen molar-refractivity contribution in [3.05, 3.63) is 0 Å². The molecule has 0 aromatic rings. The fraction of sp³-hybridized carbons (Fsp3) is 0.833. The Balaban J connectivity index is 4.94. The Hall–Kier alpha value is -1.47. The lowest BCUT2D eigenvalue weighted by molar-refractivity contribution is -0.142. The first kappa shape index (κ1) is 18.5. The third kappa shape index (κ3) is 6.63. The number of hydrogen-bond acceptors (Lipinski definition) is 2. The Morgan fingerprint density at radius 1 is 1.25 bits per heavy atom. The summed E-state index contributed by atoms with van der Waals surface area (Å²) in [5.41, 5.74) is -0.808. The molecule has 1 atom stereocenters. The average molecular weight is 298 g/mol. The van der Waals surface area contributed by atoms with Gasteiger partial charge >= 0.3 is 18.2 Å². The average Bonchev–Trinajstić information content (AvgIpc) is 2.20. The smallest absolute Gasteiger partial charge is 0.406 e. The standard InChI is InChI=1S/C12H21F3N2O3/c1-5-6-17(7-12(13,14)15)10(20)16-8(9(18)19)11(2,3)4/h8H,5-7H2,1-4H3,(H,16,20)(H,18,19)/t8-/m1/s1. The fourth-order valence-corrected chi connectivity index (χ4v) is 1.60. The van der Waals surface area contributed by atoms with Crippen LogP contribution in [-0.4, -0.2) is 47.3 Å². The van der Waals surface area contributed by atoms with Gasteiger partial charge in [0.05, 0.1) is 0 Å². The molecule has 0 aromatic heterocycles. The van der Waals surface area contributed by atoms with E-state index in [0.717, 1.165) is 0 Å². The summed E-state index contributed by atoms with van der Waals surface area (Å²) in [7, 11) is 0. The van der Waals surface area contributed by atoms with Crippen molar-refractivity contribution >= 4 is 12.0 Å². The van der Waals surface area contributed by atoms with Gasteiger partial charge < -0.3 is 15.3 Å². The maximum Gasteiger partial charge on any atom is 0.406 e. The number of rotatable bonds is 5. The molecule has 0 aliphatic heterocycles. The lowest BCUT2D eigenvalue weighted by atomic mass is 9.87. The van der Waals surface area contributed by atoms with E-state index in [0.29, 0.717) is 11.3 Å². The van der Waals surface area contributed by atoms with Crippen LogP contribution in [-0.2, 0) is 4.79 Å². The first-order chi connectivity index (χ1) is 8.88. The number of amides is 2. The van der Waals surface area contributed by atoms with E-state index in [1.165, 1.54) is 0 Å². The monoisotopic (exact) mass is 298 g/mol. The van der Waals surface area contributed by atoms with Crippen molar-refractivity contribution in [3.8, 4) is 0 Å². The summed E-state index contributed by atoms with van der Waals surface area (Å²) < 4.78 is 37.1. The third-order valence-electron chi connectivity index (χ3n) is 2.53. The summed E-state index contributed by atoms with van der Waals surface area (Å²) in [5, 5.41) is 11.2. The molecule has 0 spiro atoms. The Kier molecular flexibility index (Phi) is 6.31. The predicted octanol–water partition coefficient (Wildman–Crippen LogP) is 2.47. The van der Waals surface area contributed by atoms with Crippen LogP contribution in [0.1, 0.15) is 34.1 Å². The zero-order chi connectivity index (χ0) is 16.1. The molecule has 20 heavy (non-hydrogen) atoms.